The summed E-state index contributed by atoms with van der Waals surface area (Å²) < 4.78 is 0. The molecule has 0 aliphatic carbocycles. The van der Waals surface area contributed by atoms with Crippen LogP contribution in [0.4, 0.5) is 0 Å². The van der Waals surface area contributed by atoms with E-state index in [9.17, 15) is 5.11 Å². The van der Waals surface area contributed by atoms with Crippen molar-refractivity contribution in [3.63, 3.8) is 0 Å². The van der Waals surface area contributed by atoms with Gasteiger partial charge in [-0.25, -0.2) is 0 Å². The Morgan fingerprint density at radius 1 is 1.29 bits per heavy atom. The predicted octanol–water partition coefficient (Wildman–Crippen LogP) is 3.08. The summed E-state index contributed by atoms with van der Waals surface area (Å²) >= 11 is 0. The highest BCUT2D eigenvalue weighted by atomic mass is 16.3. The van der Waals surface area contributed by atoms with E-state index in [4.69, 9.17) is 0 Å². The van der Waals surface area contributed by atoms with E-state index < -0.39 is 6.10 Å². The van der Waals surface area contributed by atoms with E-state index >= 15 is 0 Å². The molecule has 0 saturated heterocycles. The molecule has 0 amide bonds. The zero-order valence-corrected chi connectivity index (χ0v) is 8.75. The van der Waals surface area contributed by atoms with E-state index in [1.807, 2.05) is 26.0 Å². The highest BCUT2D eigenvalue weighted by Gasteiger charge is 2.09. The summed E-state index contributed by atoms with van der Waals surface area (Å²) in [6, 6.07) is 6.01. The number of hydrogen-bond acceptors (Lipinski definition) is 1. The Hall–Kier alpha value is -1.34. The van der Waals surface area contributed by atoms with E-state index in [2.05, 4.69) is 19.2 Å². The first-order chi connectivity index (χ1) is 6.54. The minimum Gasteiger partial charge on any atom is -0.384 e. The first kappa shape index (κ1) is 10.7. The van der Waals surface area contributed by atoms with Crippen LogP contribution in [0.25, 0.3) is 0 Å². The summed E-state index contributed by atoms with van der Waals surface area (Å²) in [7, 11) is 0. The van der Waals surface area contributed by atoms with Crippen LogP contribution < -0.4 is 0 Å². The summed E-state index contributed by atoms with van der Waals surface area (Å²) in [5.74, 6) is 0. The van der Waals surface area contributed by atoms with E-state index in [0.29, 0.717) is 5.57 Å². The Balaban J connectivity index is 3.06. The molecule has 0 fully saturated rings. The van der Waals surface area contributed by atoms with Crippen LogP contribution in [0, 0.1) is 13.8 Å². The molecule has 1 aromatic carbocycles. The summed E-state index contributed by atoms with van der Waals surface area (Å²) in [6.45, 7) is 11.4. The number of aliphatic hydroxyl groups is 1. The largest absolute Gasteiger partial charge is 0.384 e. The van der Waals surface area contributed by atoms with Gasteiger partial charge in [0.2, 0.25) is 0 Å². The van der Waals surface area contributed by atoms with E-state index in [-0.39, 0.29) is 0 Å². The molecule has 1 rings (SSSR count). The Morgan fingerprint density at radius 3 is 2.21 bits per heavy atom. The van der Waals surface area contributed by atoms with Crippen molar-refractivity contribution in [3.8, 4) is 0 Å². The smallest absolute Gasteiger partial charge is 0.103 e. The van der Waals surface area contributed by atoms with Crippen molar-refractivity contribution in [3.05, 3.63) is 59.7 Å². The number of aryl methyl sites for hydroxylation is 2. The van der Waals surface area contributed by atoms with Gasteiger partial charge in [0.15, 0.2) is 0 Å². The zero-order chi connectivity index (χ0) is 10.7. The Bertz CT molecular complexity index is 343. The van der Waals surface area contributed by atoms with Crippen molar-refractivity contribution in [2.24, 2.45) is 0 Å². The second-order valence-corrected chi connectivity index (χ2v) is 3.60. The van der Waals surface area contributed by atoms with Gasteiger partial charge < -0.3 is 5.11 Å². The third kappa shape index (κ3) is 2.33. The SMILES string of the molecule is C=CC(=C)C(O)c1cc(C)cc(C)c1. The van der Waals surface area contributed by atoms with Gasteiger partial charge >= 0.3 is 0 Å². The fourth-order valence-corrected chi connectivity index (χ4v) is 1.49. The molecule has 1 aromatic rings. The number of hydrogen-bond donors (Lipinski definition) is 1. The first-order valence-electron chi connectivity index (χ1n) is 4.62. The molecule has 0 saturated carbocycles. The van der Waals surface area contributed by atoms with Crippen molar-refractivity contribution in [1.29, 1.82) is 0 Å². The molecular weight excluding hydrogens is 172 g/mol. The van der Waals surface area contributed by atoms with Crippen LogP contribution in [0.15, 0.2) is 43.0 Å². The van der Waals surface area contributed by atoms with Crippen LogP contribution >= 0.6 is 0 Å². The molecule has 0 aromatic heterocycles. The standard InChI is InChI=1S/C13H16O/c1-5-11(4)13(14)12-7-9(2)6-10(3)8-12/h5-8,13-14H,1,4H2,2-3H3. The van der Waals surface area contributed by atoms with Crippen molar-refractivity contribution in [1.82, 2.24) is 0 Å². The van der Waals surface area contributed by atoms with E-state index in [0.717, 1.165) is 16.7 Å². The van der Waals surface area contributed by atoms with Crippen molar-refractivity contribution in [2.45, 2.75) is 20.0 Å². The number of aliphatic hydroxyl groups excluding tert-OH is 1. The van der Waals surface area contributed by atoms with Gasteiger partial charge in [0, 0.05) is 0 Å². The Morgan fingerprint density at radius 2 is 1.79 bits per heavy atom. The molecule has 1 N–H and O–H groups in total. The second-order valence-electron chi connectivity index (χ2n) is 3.60. The summed E-state index contributed by atoms with van der Waals surface area (Å²) in [5, 5.41) is 9.87. The minimum atomic E-state index is -0.633. The highest BCUT2D eigenvalue weighted by Crippen LogP contribution is 2.22. The van der Waals surface area contributed by atoms with Crippen molar-refractivity contribution >= 4 is 0 Å². The maximum Gasteiger partial charge on any atom is 0.103 e. The predicted molar refractivity (Wildman–Crippen MR) is 60.2 cm³/mol. The first-order valence-corrected chi connectivity index (χ1v) is 4.62. The average Bonchev–Trinajstić information content (AvgIpc) is 2.14. The topological polar surface area (TPSA) is 20.2 Å². The van der Waals surface area contributed by atoms with Crippen LogP contribution in [-0.2, 0) is 0 Å². The highest BCUT2D eigenvalue weighted by molar-refractivity contribution is 5.35. The van der Waals surface area contributed by atoms with Crippen molar-refractivity contribution < 1.29 is 5.11 Å². The third-order valence-corrected chi connectivity index (χ3v) is 2.17. The van der Waals surface area contributed by atoms with Gasteiger partial charge in [-0.3, -0.25) is 0 Å². The van der Waals surface area contributed by atoms with Gasteiger partial charge in [-0.2, -0.15) is 0 Å². The van der Waals surface area contributed by atoms with Gasteiger partial charge in [0.05, 0.1) is 0 Å². The average molecular weight is 188 g/mol. The summed E-state index contributed by atoms with van der Waals surface area (Å²) in [5.41, 5.74) is 3.81. The lowest BCUT2D eigenvalue weighted by Gasteiger charge is -2.12. The molecule has 0 radical (unpaired) electrons. The lowest BCUT2D eigenvalue weighted by molar-refractivity contribution is 0.220. The fraction of sp³-hybridized carbons (Fsp3) is 0.231. The number of rotatable bonds is 3. The van der Waals surface area contributed by atoms with Gasteiger partial charge in [0.1, 0.15) is 6.10 Å². The molecule has 0 aliphatic heterocycles. The Labute approximate surface area is 85.4 Å². The fourth-order valence-electron chi connectivity index (χ4n) is 1.49. The molecule has 14 heavy (non-hydrogen) atoms. The molecule has 74 valence electrons. The summed E-state index contributed by atoms with van der Waals surface area (Å²) in [4.78, 5) is 0. The molecule has 1 heteroatoms. The van der Waals surface area contributed by atoms with Crippen LogP contribution in [0.1, 0.15) is 22.8 Å². The lowest BCUT2D eigenvalue weighted by atomic mass is 9.99. The molecule has 0 aliphatic rings. The van der Waals surface area contributed by atoms with E-state index in [1.165, 1.54) is 0 Å². The quantitative estimate of drug-likeness (QED) is 0.723. The molecule has 1 unspecified atom stereocenters. The van der Waals surface area contributed by atoms with Crippen LogP contribution in [-0.4, -0.2) is 5.11 Å². The molecule has 0 bridgehead atoms. The van der Waals surface area contributed by atoms with Crippen LogP contribution in [0.2, 0.25) is 0 Å². The van der Waals surface area contributed by atoms with Crippen LogP contribution in [0.5, 0.6) is 0 Å². The molecule has 1 nitrogen and oxygen atoms in total. The van der Waals surface area contributed by atoms with Crippen LogP contribution in [0.3, 0.4) is 0 Å². The maximum absolute atomic E-state index is 9.87. The van der Waals surface area contributed by atoms with Gasteiger partial charge in [0.25, 0.3) is 0 Å². The summed E-state index contributed by atoms with van der Waals surface area (Å²) in [6.07, 6.45) is 0.952. The maximum atomic E-state index is 9.87. The van der Waals surface area contributed by atoms with E-state index in [1.54, 1.807) is 6.08 Å². The molecule has 0 heterocycles. The molecular formula is C13H16O. The Kier molecular flexibility index (Phi) is 3.26. The van der Waals surface area contributed by atoms with Gasteiger partial charge in [-0.05, 0) is 25.0 Å². The normalized spacial score (nSPS) is 12.2. The second kappa shape index (κ2) is 4.25. The zero-order valence-electron chi connectivity index (χ0n) is 8.75. The molecule has 0 spiro atoms. The lowest BCUT2D eigenvalue weighted by Crippen LogP contribution is -1.99. The minimum absolute atomic E-state index is 0.633. The monoisotopic (exact) mass is 188 g/mol. The van der Waals surface area contributed by atoms with Crippen molar-refractivity contribution in [2.75, 3.05) is 0 Å². The van der Waals surface area contributed by atoms with Gasteiger partial charge in [-0.1, -0.05) is 48.6 Å². The van der Waals surface area contributed by atoms with Gasteiger partial charge in [-0.15, -0.1) is 0 Å². The number of benzene rings is 1. The molecule has 1 atom stereocenters. The third-order valence-electron chi connectivity index (χ3n) is 2.17.